The fraction of sp³-hybridized carbons (Fsp3) is 0.450. The van der Waals surface area contributed by atoms with Crippen molar-refractivity contribution in [2.45, 2.75) is 46.8 Å². The molecule has 0 atom stereocenters. The fourth-order valence-corrected chi connectivity index (χ4v) is 2.42. The number of nitrogens with zero attached hydrogens (tertiary/aromatic N) is 2. The third-order valence-electron chi connectivity index (χ3n) is 3.80. The summed E-state index contributed by atoms with van der Waals surface area (Å²) in [5.74, 6) is 0.639. The normalized spacial score (nSPS) is 11.2. The van der Waals surface area contributed by atoms with Gasteiger partial charge in [-0.2, -0.15) is 0 Å². The topological polar surface area (TPSA) is 81.9 Å². The summed E-state index contributed by atoms with van der Waals surface area (Å²) in [6.07, 6.45) is 0. The summed E-state index contributed by atoms with van der Waals surface area (Å²) >= 11 is 0. The molecule has 1 aromatic heterocycles. The molecule has 27 heavy (non-hydrogen) atoms. The lowest BCUT2D eigenvalue weighted by Crippen LogP contribution is -2.36. The number of hydrogen-bond acceptors (Lipinski definition) is 6. The maximum absolute atomic E-state index is 12.4. The van der Waals surface area contributed by atoms with E-state index in [1.54, 1.807) is 52.1 Å². The van der Waals surface area contributed by atoms with E-state index in [1.807, 2.05) is 13.8 Å². The number of carbonyl (C=O) groups excluding carboxylic acids is 2. The lowest BCUT2D eigenvalue weighted by molar-refractivity contribution is -0.155. The molecule has 0 radical (unpaired) electrons. The molecule has 2 rings (SSSR count). The van der Waals surface area contributed by atoms with Gasteiger partial charge in [-0.05, 0) is 58.9 Å². The van der Waals surface area contributed by atoms with Crippen LogP contribution in [0.2, 0.25) is 0 Å². The molecule has 1 amide bonds. The van der Waals surface area contributed by atoms with Crippen LogP contribution in [0.3, 0.4) is 0 Å². The summed E-state index contributed by atoms with van der Waals surface area (Å²) < 4.78 is 16.1. The molecule has 0 aliphatic carbocycles. The maximum atomic E-state index is 12.4. The molecule has 0 aliphatic rings. The Bertz CT molecular complexity index is 783. The minimum atomic E-state index is -0.582. The van der Waals surface area contributed by atoms with Crippen LogP contribution in [0.15, 0.2) is 28.8 Å². The van der Waals surface area contributed by atoms with E-state index in [1.165, 1.54) is 4.90 Å². The lowest BCUT2D eigenvalue weighted by Gasteiger charge is -2.22. The van der Waals surface area contributed by atoms with E-state index in [-0.39, 0.29) is 12.5 Å². The number of esters is 1. The molecule has 0 N–H and O–H groups in total. The largest absolute Gasteiger partial charge is 0.489 e. The number of hydrogen-bond donors (Lipinski definition) is 0. The van der Waals surface area contributed by atoms with E-state index in [0.717, 1.165) is 17.0 Å². The van der Waals surface area contributed by atoms with Gasteiger partial charge in [-0.25, -0.2) is 0 Å². The van der Waals surface area contributed by atoms with E-state index in [2.05, 4.69) is 5.16 Å². The Labute approximate surface area is 159 Å². The monoisotopic (exact) mass is 374 g/mol. The Kier molecular flexibility index (Phi) is 6.25. The summed E-state index contributed by atoms with van der Waals surface area (Å²) in [5.41, 5.74) is 1.59. The Morgan fingerprint density at radius 3 is 2.30 bits per heavy atom. The van der Waals surface area contributed by atoms with E-state index in [4.69, 9.17) is 14.0 Å². The van der Waals surface area contributed by atoms with E-state index in [9.17, 15) is 9.59 Å². The predicted octanol–water partition coefficient (Wildman–Crippen LogP) is 3.28. The predicted molar refractivity (Wildman–Crippen MR) is 99.6 cm³/mol. The van der Waals surface area contributed by atoms with Crippen LogP contribution in [0.4, 0.5) is 0 Å². The van der Waals surface area contributed by atoms with Gasteiger partial charge in [0, 0.05) is 12.6 Å². The van der Waals surface area contributed by atoms with Gasteiger partial charge < -0.3 is 18.9 Å². The number of aryl methyl sites for hydroxylation is 2. The second-order valence-electron chi connectivity index (χ2n) is 7.36. The highest BCUT2D eigenvalue weighted by Gasteiger charge is 2.20. The molecule has 2 aromatic rings. The Hall–Kier alpha value is -2.83. The summed E-state index contributed by atoms with van der Waals surface area (Å²) in [6.45, 7) is 9.28. The molecular formula is C20H26N2O5. The first kappa shape index (κ1) is 20.5. The van der Waals surface area contributed by atoms with Crippen molar-refractivity contribution in [2.24, 2.45) is 0 Å². The maximum Gasteiger partial charge on any atom is 0.326 e. The molecule has 0 unspecified atom stereocenters. The van der Waals surface area contributed by atoms with Crippen molar-refractivity contribution in [3.05, 3.63) is 46.8 Å². The number of rotatable bonds is 6. The van der Waals surface area contributed by atoms with E-state index >= 15 is 0 Å². The molecule has 0 saturated carbocycles. The van der Waals surface area contributed by atoms with Gasteiger partial charge in [-0.15, -0.1) is 0 Å². The fourth-order valence-electron chi connectivity index (χ4n) is 2.42. The van der Waals surface area contributed by atoms with Crippen molar-refractivity contribution in [1.29, 1.82) is 0 Å². The molecule has 0 bridgehead atoms. The Balaban J connectivity index is 1.93. The molecule has 0 aliphatic heterocycles. The number of amides is 1. The van der Waals surface area contributed by atoms with Gasteiger partial charge in [-0.1, -0.05) is 5.16 Å². The average Bonchev–Trinajstić information content (AvgIpc) is 2.89. The third-order valence-corrected chi connectivity index (χ3v) is 3.80. The summed E-state index contributed by atoms with van der Waals surface area (Å²) in [4.78, 5) is 25.6. The van der Waals surface area contributed by atoms with Crippen molar-refractivity contribution in [1.82, 2.24) is 10.1 Å². The molecule has 0 saturated heterocycles. The van der Waals surface area contributed by atoms with Crippen LogP contribution in [0, 0.1) is 13.8 Å². The van der Waals surface area contributed by atoms with Crippen LogP contribution in [0.5, 0.6) is 5.75 Å². The van der Waals surface area contributed by atoms with Crippen LogP contribution in [-0.2, 0) is 16.1 Å². The smallest absolute Gasteiger partial charge is 0.326 e. The Morgan fingerprint density at radius 1 is 1.15 bits per heavy atom. The first-order valence-electron chi connectivity index (χ1n) is 8.69. The molecule has 0 fully saturated rings. The molecule has 1 heterocycles. The van der Waals surface area contributed by atoms with Crippen LogP contribution < -0.4 is 4.74 Å². The highest BCUT2D eigenvalue weighted by molar-refractivity contribution is 5.95. The van der Waals surface area contributed by atoms with Crippen molar-refractivity contribution in [3.63, 3.8) is 0 Å². The SMILES string of the molecule is Cc1noc(C)c1COc1ccc(C(=O)N(C)CC(=O)OC(C)(C)C)cc1. The van der Waals surface area contributed by atoms with Crippen molar-refractivity contribution >= 4 is 11.9 Å². The number of likely N-dealkylation sites (N-methyl/N-ethyl adjacent to an activating group) is 1. The van der Waals surface area contributed by atoms with Crippen molar-refractivity contribution < 1.29 is 23.6 Å². The first-order valence-corrected chi connectivity index (χ1v) is 8.69. The third kappa shape index (κ3) is 5.84. The summed E-state index contributed by atoms with van der Waals surface area (Å²) in [5, 5.41) is 3.89. The lowest BCUT2D eigenvalue weighted by atomic mass is 10.2. The standard InChI is InChI=1S/C20H26N2O5/c1-13-17(14(2)27-21-13)12-25-16-9-7-15(8-10-16)19(24)22(6)11-18(23)26-20(3,4)5/h7-10H,11-12H2,1-6H3. The first-order chi connectivity index (χ1) is 12.6. The second-order valence-corrected chi connectivity index (χ2v) is 7.36. The molecule has 0 spiro atoms. The van der Waals surface area contributed by atoms with E-state index < -0.39 is 11.6 Å². The molecule has 1 aromatic carbocycles. The van der Waals surface area contributed by atoms with Gasteiger partial charge in [0.25, 0.3) is 5.91 Å². The number of carbonyl (C=O) groups is 2. The van der Waals surface area contributed by atoms with E-state index in [0.29, 0.717) is 17.9 Å². The highest BCUT2D eigenvalue weighted by Crippen LogP contribution is 2.18. The number of ether oxygens (including phenoxy) is 2. The zero-order valence-electron chi connectivity index (χ0n) is 16.7. The molecule has 7 nitrogen and oxygen atoms in total. The Morgan fingerprint density at radius 2 is 1.78 bits per heavy atom. The van der Waals surface area contributed by atoms with Crippen LogP contribution in [0.1, 0.15) is 48.1 Å². The molecular weight excluding hydrogens is 348 g/mol. The van der Waals surface area contributed by atoms with Crippen LogP contribution in [0.25, 0.3) is 0 Å². The minimum absolute atomic E-state index is 0.111. The van der Waals surface area contributed by atoms with Gasteiger partial charge in [0.15, 0.2) is 0 Å². The number of benzene rings is 1. The number of aromatic nitrogens is 1. The van der Waals surface area contributed by atoms with Crippen molar-refractivity contribution in [3.8, 4) is 5.75 Å². The van der Waals surface area contributed by atoms with Gasteiger partial charge >= 0.3 is 5.97 Å². The van der Waals surface area contributed by atoms with Gasteiger partial charge in [0.1, 0.15) is 30.3 Å². The zero-order valence-corrected chi connectivity index (χ0v) is 16.7. The van der Waals surface area contributed by atoms with Crippen LogP contribution in [-0.4, -0.2) is 41.1 Å². The average molecular weight is 374 g/mol. The second kappa shape index (κ2) is 8.24. The van der Waals surface area contributed by atoms with Gasteiger partial charge in [0.05, 0.1) is 11.3 Å². The summed E-state index contributed by atoms with van der Waals surface area (Å²) in [7, 11) is 1.56. The molecule has 7 heteroatoms. The minimum Gasteiger partial charge on any atom is -0.489 e. The van der Waals surface area contributed by atoms with Crippen LogP contribution >= 0.6 is 0 Å². The highest BCUT2D eigenvalue weighted by atomic mass is 16.6. The van der Waals surface area contributed by atoms with Gasteiger partial charge in [-0.3, -0.25) is 9.59 Å². The quantitative estimate of drug-likeness (QED) is 0.722. The van der Waals surface area contributed by atoms with Gasteiger partial charge in [0.2, 0.25) is 0 Å². The summed E-state index contributed by atoms with van der Waals surface area (Å²) in [6, 6.07) is 6.76. The molecule has 146 valence electrons. The zero-order chi connectivity index (χ0) is 20.2. The van der Waals surface area contributed by atoms with Crippen molar-refractivity contribution in [2.75, 3.05) is 13.6 Å².